The molecule has 0 radical (unpaired) electrons. The van der Waals surface area contributed by atoms with Crippen LogP contribution in [0.25, 0.3) is 11.4 Å². The third-order valence-electron chi connectivity index (χ3n) is 5.61. The van der Waals surface area contributed by atoms with Gasteiger partial charge in [-0.15, -0.1) is 0 Å². The zero-order valence-corrected chi connectivity index (χ0v) is 18.3. The molecule has 31 heavy (non-hydrogen) atoms. The quantitative estimate of drug-likeness (QED) is 0.581. The van der Waals surface area contributed by atoms with Crippen LogP contribution in [0.2, 0.25) is 5.02 Å². The highest BCUT2D eigenvalue weighted by Gasteiger charge is 2.25. The average Bonchev–Trinajstić information content (AvgIpc) is 3.14. The van der Waals surface area contributed by atoms with E-state index < -0.39 is 0 Å². The van der Waals surface area contributed by atoms with Crippen LogP contribution in [0.4, 0.5) is 4.39 Å². The van der Waals surface area contributed by atoms with Crippen molar-refractivity contribution in [3.05, 3.63) is 76.3 Å². The van der Waals surface area contributed by atoms with Gasteiger partial charge in [0.2, 0.25) is 0 Å². The number of hydrazine groups is 1. The molecule has 1 N–H and O–H groups in total. The van der Waals surface area contributed by atoms with Gasteiger partial charge in [-0.1, -0.05) is 49.2 Å². The van der Waals surface area contributed by atoms with E-state index in [9.17, 15) is 9.18 Å². The van der Waals surface area contributed by atoms with Gasteiger partial charge in [0.1, 0.15) is 11.6 Å². The maximum Gasteiger partial charge on any atom is 0.286 e. The van der Waals surface area contributed by atoms with Crippen LogP contribution in [0.3, 0.4) is 0 Å². The van der Waals surface area contributed by atoms with Gasteiger partial charge in [0.25, 0.3) is 5.91 Å². The van der Waals surface area contributed by atoms with Crippen LogP contribution in [-0.2, 0) is 13.0 Å². The first-order chi connectivity index (χ1) is 15.1. The van der Waals surface area contributed by atoms with E-state index in [4.69, 9.17) is 16.6 Å². The summed E-state index contributed by atoms with van der Waals surface area (Å²) in [5.74, 6) is 0.151. The Morgan fingerprint density at radius 1 is 1.10 bits per heavy atom. The molecule has 0 saturated carbocycles. The molecule has 162 valence electrons. The van der Waals surface area contributed by atoms with Gasteiger partial charge in [-0.2, -0.15) is 0 Å². The zero-order valence-electron chi connectivity index (χ0n) is 17.6. The highest BCUT2D eigenvalue weighted by atomic mass is 35.5. The molecule has 0 unspecified atom stereocenters. The van der Waals surface area contributed by atoms with Gasteiger partial charge in [-0.3, -0.25) is 10.2 Å². The molecule has 0 spiro atoms. The summed E-state index contributed by atoms with van der Waals surface area (Å²) in [6.07, 6.45) is 3.96. The number of nitrogens with zero attached hydrogens (tertiary/aromatic N) is 3. The van der Waals surface area contributed by atoms with Gasteiger partial charge in [0.05, 0.1) is 10.7 Å². The van der Waals surface area contributed by atoms with Gasteiger partial charge in [-0.25, -0.2) is 14.4 Å². The van der Waals surface area contributed by atoms with E-state index in [1.54, 1.807) is 12.1 Å². The maximum atomic E-state index is 13.4. The van der Waals surface area contributed by atoms with Gasteiger partial charge in [-0.05, 0) is 49.1 Å². The normalized spacial score (nSPS) is 14.5. The van der Waals surface area contributed by atoms with Crippen LogP contribution in [0.5, 0.6) is 0 Å². The van der Waals surface area contributed by atoms with E-state index in [0.717, 1.165) is 42.8 Å². The van der Waals surface area contributed by atoms with Gasteiger partial charge >= 0.3 is 0 Å². The Bertz CT molecular complexity index is 1060. The number of carbonyl (C=O) groups excluding carboxylic acids is 1. The van der Waals surface area contributed by atoms with Crippen molar-refractivity contribution in [2.75, 3.05) is 13.1 Å². The minimum Gasteiger partial charge on any atom is -0.323 e. The van der Waals surface area contributed by atoms with Crippen LogP contribution in [0.15, 0.2) is 48.5 Å². The highest BCUT2D eigenvalue weighted by Crippen LogP contribution is 2.30. The molecular weight excluding hydrogens is 415 g/mol. The zero-order chi connectivity index (χ0) is 21.8. The summed E-state index contributed by atoms with van der Waals surface area (Å²) in [6.45, 7) is 4.17. The molecule has 2 aromatic carbocycles. The molecule has 1 aromatic heterocycles. The second-order valence-corrected chi connectivity index (χ2v) is 8.17. The van der Waals surface area contributed by atoms with E-state index in [0.29, 0.717) is 29.5 Å². The lowest BCUT2D eigenvalue weighted by Gasteiger charge is -2.26. The van der Waals surface area contributed by atoms with Crippen molar-refractivity contribution in [1.82, 2.24) is 20.0 Å². The predicted octanol–water partition coefficient (Wildman–Crippen LogP) is 5.08. The Morgan fingerprint density at radius 2 is 1.81 bits per heavy atom. The molecule has 1 amide bonds. The number of hydrogen-bond donors (Lipinski definition) is 1. The number of amides is 1. The maximum absolute atomic E-state index is 13.4. The van der Waals surface area contributed by atoms with Crippen LogP contribution in [0, 0.1) is 5.82 Å². The molecule has 4 rings (SSSR count). The molecule has 1 fully saturated rings. The van der Waals surface area contributed by atoms with Crippen molar-refractivity contribution in [2.24, 2.45) is 0 Å². The van der Waals surface area contributed by atoms with E-state index in [1.807, 2.05) is 40.8 Å². The minimum absolute atomic E-state index is 0.204. The smallest absolute Gasteiger partial charge is 0.286 e. The molecule has 2 heterocycles. The van der Waals surface area contributed by atoms with Gasteiger partial charge < -0.3 is 4.57 Å². The van der Waals surface area contributed by atoms with Crippen LogP contribution in [-0.4, -0.2) is 33.6 Å². The molecule has 0 aliphatic carbocycles. The summed E-state index contributed by atoms with van der Waals surface area (Å²) in [6, 6.07) is 13.9. The minimum atomic E-state index is -0.280. The number of imidazole rings is 1. The molecule has 1 aliphatic heterocycles. The van der Waals surface area contributed by atoms with Crippen LogP contribution in [0.1, 0.15) is 47.9 Å². The summed E-state index contributed by atoms with van der Waals surface area (Å²) in [5, 5.41) is 2.54. The first-order valence-corrected chi connectivity index (χ1v) is 11.1. The second-order valence-electron chi connectivity index (χ2n) is 7.77. The summed E-state index contributed by atoms with van der Waals surface area (Å²) in [4.78, 5) is 17.9. The van der Waals surface area contributed by atoms with Crippen LogP contribution >= 0.6 is 11.6 Å². The van der Waals surface area contributed by atoms with Crippen molar-refractivity contribution in [2.45, 2.75) is 39.2 Å². The second kappa shape index (κ2) is 9.62. The standard InChI is InChI=1S/C24H26ClFN4O/c1-2-21-22(24(31)28-29-14-6-3-7-15-29)27-23(19-8-4-5-9-20(19)25)30(21)16-17-10-12-18(26)13-11-17/h4-5,8-13H,2-3,6-7,14-16H2,1H3,(H,28,31). The number of rotatable bonds is 6. The van der Waals surface area contributed by atoms with E-state index in [1.165, 1.54) is 18.6 Å². The Morgan fingerprint density at radius 3 is 2.48 bits per heavy atom. The van der Waals surface area contributed by atoms with E-state index in [2.05, 4.69) is 5.43 Å². The first-order valence-electron chi connectivity index (χ1n) is 10.7. The van der Waals surface area contributed by atoms with Crippen molar-refractivity contribution >= 4 is 17.5 Å². The number of hydrogen-bond acceptors (Lipinski definition) is 3. The van der Waals surface area contributed by atoms with Crippen LogP contribution < -0.4 is 5.43 Å². The third kappa shape index (κ3) is 4.81. The Labute approximate surface area is 186 Å². The van der Waals surface area contributed by atoms with Crippen molar-refractivity contribution in [3.8, 4) is 11.4 Å². The monoisotopic (exact) mass is 440 g/mol. The van der Waals surface area contributed by atoms with Crippen molar-refractivity contribution in [1.29, 1.82) is 0 Å². The average molecular weight is 441 g/mol. The Kier molecular flexibility index (Phi) is 6.68. The molecule has 0 bridgehead atoms. The largest absolute Gasteiger partial charge is 0.323 e. The fourth-order valence-electron chi connectivity index (χ4n) is 4.02. The summed E-state index contributed by atoms with van der Waals surface area (Å²) in [7, 11) is 0. The third-order valence-corrected chi connectivity index (χ3v) is 5.94. The SMILES string of the molecule is CCc1c(C(=O)NN2CCCCC2)nc(-c2ccccc2Cl)n1Cc1ccc(F)cc1. The Hall–Kier alpha value is -2.70. The van der Waals surface area contributed by atoms with Crippen molar-refractivity contribution < 1.29 is 9.18 Å². The predicted molar refractivity (Wildman–Crippen MR) is 120 cm³/mol. The lowest BCUT2D eigenvalue weighted by Crippen LogP contribution is -2.45. The molecule has 5 nitrogen and oxygen atoms in total. The van der Waals surface area contributed by atoms with Gasteiger partial charge in [0, 0.05) is 25.2 Å². The van der Waals surface area contributed by atoms with E-state index >= 15 is 0 Å². The molecule has 0 atom stereocenters. The highest BCUT2D eigenvalue weighted by molar-refractivity contribution is 6.33. The Balaban J connectivity index is 1.75. The molecule has 7 heteroatoms. The number of carbonyl (C=O) groups is 1. The lowest BCUT2D eigenvalue weighted by atomic mass is 10.1. The number of benzene rings is 2. The molecule has 3 aromatic rings. The number of halogens is 2. The van der Waals surface area contributed by atoms with Crippen molar-refractivity contribution in [3.63, 3.8) is 0 Å². The number of nitrogens with one attached hydrogen (secondary N) is 1. The summed E-state index contributed by atoms with van der Waals surface area (Å²) < 4.78 is 15.4. The van der Waals surface area contributed by atoms with E-state index in [-0.39, 0.29) is 11.7 Å². The lowest BCUT2D eigenvalue weighted by molar-refractivity contribution is 0.0744. The fraction of sp³-hybridized carbons (Fsp3) is 0.333. The number of aromatic nitrogens is 2. The molecule has 1 saturated heterocycles. The fourth-order valence-corrected chi connectivity index (χ4v) is 4.24. The molecule has 1 aliphatic rings. The topological polar surface area (TPSA) is 50.2 Å². The first kappa shape index (κ1) is 21.5. The number of piperidine rings is 1. The van der Waals surface area contributed by atoms with Gasteiger partial charge in [0.15, 0.2) is 5.69 Å². The molecular formula is C24H26ClFN4O. The summed E-state index contributed by atoms with van der Waals surface area (Å²) >= 11 is 6.48. The summed E-state index contributed by atoms with van der Waals surface area (Å²) in [5.41, 5.74) is 5.94.